The molecule has 2 N–H and O–H groups in total. The first-order chi connectivity index (χ1) is 12.8. The molecule has 0 radical (unpaired) electrons. The Morgan fingerprint density at radius 3 is 2.41 bits per heavy atom. The Labute approximate surface area is 152 Å². The molecule has 1 aliphatic carbocycles. The summed E-state index contributed by atoms with van der Waals surface area (Å²) in [5.41, 5.74) is 0.214. The Morgan fingerprint density at radius 2 is 1.78 bits per heavy atom. The predicted molar refractivity (Wildman–Crippen MR) is 88.9 cm³/mol. The zero-order valence-corrected chi connectivity index (χ0v) is 14.1. The smallest absolute Gasteiger partial charge is 0.277 e. The molecule has 1 aromatic carbocycles. The molecule has 0 bridgehead atoms. The molecule has 2 amide bonds. The second-order valence-corrected chi connectivity index (χ2v) is 6.51. The largest absolute Gasteiger partial charge is 0.395 e. The van der Waals surface area contributed by atoms with Gasteiger partial charge in [0.05, 0.1) is 19.1 Å². The zero-order valence-electron chi connectivity index (χ0n) is 14.1. The van der Waals surface area contributed by atoms with Crippen molar-refractivity contribution in [1.29, 1.82) is 0 Å². The van der Waals surface area contributed by atoms with Gasteiger partial charge < -0.3 is 10.4 Å². The Morgan fingerprint density at radius 1 is 1.11 bits per heavy atom. The third-order valence-corrected chi connectivity index (χ3v) is 4.71. The van der Waals surface area contributed by atoms with Gasteiger partial charge in [-0.05, 0) is 17.7 Å². The van der Waals surface area contributed by atoms with Gasteiger partial charge in [-0.25, -0.2) is 17.6 Å². The summed E-state index contributed by atoms with van der Waals surface area (Å²) in [5, 5.41) is 11.6. The van der Waals surface area contributed by atoms with Crippen molar-refractivity contribution < 1.29 is 32.3 Å². The summed E-state index contributed by atoms with van der Waals surface area (Å²) in [6.07, 6.45) is -8.35. The lowest BCUT2D eigenvalue weighted by Crippen LogP contribution is -2.43. The molecule has 4 unspecified atom stereocenters. The molecular formula is C18H18F4N2O3. The molecule has 0 spiro atoms. The average Bonchev–Trinajstić information content (AvgIpc) is 2.88. The normalized spacial score (nSPS) is 31.2. The van der Waals surface area contributed by atoms with E-state index in [0.717, 1.165) is 11.0 Å². The van der Waals surface area contributed by atoms with E-state index in [1.807, 2.05) is 0 Å². The number of alkyl halides is 4. The van der Waals surface area contributed by atoms with Crippen LogP contribution < -0.4 is 5.32 Å². The highest BCUT2D eigenvalue weighted by molar-refractivity contribution is 6.17. The number of rotatable bonds is 5. The number of anilines is 1. The highest BCUT2D eigenvalue weighted by Crippen LogP contribution is 2.41. The van der Waals surface area contributed by atoms with Gasteiger partial charge >= 0.3 is 0 Å². The van der Waals surface area contributed by atoms with Crippen LogP contribution in [0.2, 0.25) is 0 Å². The fraction of sp³-hybridized carbons (Fsp3) is 0.444. The number of imide groups is 1. The number of nitrogens with zero attached hydrogens (tertiary/aromatic N) is 1. The van der Waals surface area contributed by atoms with Gasteiger partial charge in [0, 0.05) is 18.2 Å². The number of β-amino-alcohol motifs (C(OH)–C–C–N with tert-alkyl or cyclic N) is 1. The maximum Gasteiger partial charge on any atom is 0.277 e. The van der Waals surface area contributed by atoms with Crippen LogP contribution in [0.25, 0.3) is 0 Å². The van der Waals surface area contributed by atoms with Gasteiger partial charge in [0.25, 0.3) is 11.8 Å². The molecule has 5 nitrogen and oxygen atoms in total. The third-order valence-electron chi connectivity index (χ3n) is 4.71. The molecule has 1 heterocycles. The number of aliphatic hydroxyl groups is 1. The molecule has 9 heteroatoms. The highest BCUT2D eigenvalue weighted by atomic mass is 19.2. The fourth-order valence-corrected chi connectivity index (χ4v) is 3.36. The van der Waals surface area contributed by atoms with Crippen LogP contribution >= 0.6 is 0 Å². The summed E-state index contributed by atoms with van der Waals surface area (Å²) < 4.78 is 55.7. The lowest BCUT2D eigenvalue weighted by molar-refractivity contribution is -0.137. The number of aliphatic hydroxyl groups excluding tert-OH is 1. The molecule has 1 aromatic rings. The molecule has 1 fully saturated rings. The van der Waals surface area contributed by atoms with Crippen molar-refractivity contribution in [3.8, 4) is 0 Å². The lowest BCUT2D eigenvalue weighted by atomic mass is 9.79. The second-order valence-electron chi connectivity index (χ2n) is 6.51. The number of halogens is 4. The molecular weight excluding hydrogens is 368 g/mol. The minimum Gasteiger partial charge on any atom is -0.395 e. The van der Waals surface area contributed by atoms with Gasteiger partial charge in [-0.15, -0.1) is 0 Å². The summed E-state index contributed by atoms with van der Waals surface area (Å²) in [4.78, 5) is 24.7. The van der Waals surface area contributed by atoms with Crippen molar-refractivity contribution >= 4 is 17.5 Å². The quantitative estimate of drug-likeness (QED) is 0.601. The van der Waals surface area contributed by atoms with Gasteiger partial charge in [0.1, 0.15) is 30.4 Å². The minimum atomic E-state index is -2.18. The summed E-state index contributed by atoms with van der Waals surface area (Å²) >= 11 is 0. The monoisotopic (exact) mass is 386 g/mol. The average molecular weight is 386 g/mol. The Hall–Kier alpha value is -2.42. The minimum absolute atomic E-state index is 0.0505. The lowest BCUT2D eigenvalue weighted by Gasteiger charge is -2.34. The van der Waals surface area contributed by atoms with Crippen molar-refractivity contribution in [3.63, 3.8) is 0 Å². The fourth-order valence-electron chi connectivity index (χ4n) is 3.36. The zero-order chi connectivity index (χ0) is 19.7. The Balaban J connectivity index is 1.81. The van der Waals surface area contributed by atoms with Crippen LogP contribution in [0, 0.1) is 0 Å². The van der Waals surface area contributed by atoms with Crippen molar-refractivity contribution in [2.75, 3.05) is 18.5 Å². The van der Waals surface area contributed by atoms with Crippen LogP contribution in [0.15, 0.2) is 36.0 Å². The number of hydrogen-bond acceptors (Lipinski definition) is 4. The molecule has 2 aliphatic rings. The van der Waals surface area contributed by atoms with E-state index >= 15 is 0 Å². The number of carbonyl (C=O) groups is 2. The van der Waals surface area contributed by atoms with Gasteiger partial charge in [-0.1, -0.05) is 12.1 Å². The van der Waals surface area contributed by atoms with Crippen molar-refractivity contribution in [2.24, 2.45) is 0 Å². The van der Waals surface area contributed by atoms with E-state index in [1.165, 1.54) is 24.3 Å². The number of hydrogen-bond donors (Lipinski definition) is 2. The molecule has 0 saturated heterocycles. The molecule has 4 atom stereocenters. The first-order valence-corrected chi connectivity index (χ1v) is 8.45. The molecule has 146 valence electrons. The van der Waals surface area contributed by atoms with Crippen molar-refractivity contribution in [2.45, 2.75) is 37.0 Å². The first-order valence-electron chi connectivity index (χ1n) is 8.45. The molecule has 27 heavy (non-hydrogen) atoms. The number of benzene rings is 1. The van der Waals surface area contributed by atoms with Gasteiger partial charge in [-0.3, -0.25) is 14.5 Å². The number of nitrogens with one attached hydrogen (secondary N) is 1. The van der Waals surface area contributed by atoms with Gasteiger partial charge in [-0.2, -0.15) is 0 Å². The van der Waals surface area contributed by atoms with Crippen LogP contribution in [0.5, 0.6) is 0 Å². The van der Waals surface area contributed by atoms with Crippen molar-refractivity contribution in [3.05, 3.63) is 41.6 Å². The topological polar surface area (TPSA) is 69.6 Å². The maximum atomic E-state index is 14.2. The Kier molecular flexibility index (Phi) is 5.50. The van der Waals surface area contributed by atoms with E-state index in [0.29, 0.717) is 0 Å². The van der Waals surface area contributed by atoms with E-state index < -0.39 is 48.8 Å². The summed E-state index contributed by atoms with van der Waals surface area (Å²) in [5.74, 6) is -2.86. The maximum absolute atomic E-state index is 14.2. The molecule has 0 aromatic heterocycles. The van der Waals surface area contributed by atoms with Gasteiger partial charge in [0.15, 0.2) is 0 Å². The molecule has 1 aliphatic heterocycles. The molecule has 3 rings (SSSR count). The van der Waals surface area contributed by atoms with E-state index in [-0.39, 0.29) is 30.1 Å². The SMILES string of the molecule is O=C1C=C(Nc2cccc(C3C(F)C(F)CC(F)C3F)c2)C(=O)N1CCO. The Bertz CT molecular complexity index is 759. The van der Waals surface area contributed by atoms with Crippen LogP contribution in [0.1, 0.15) is 17.9 Å². The first kappa shape index (κ1) is 19.3. The van der Waals surface area contributed by atoms with Crippen LogP contribution in [-0.2, 0) is 9.59 Å². The number of amides is 2. The summed E-state index contributed by atoms with van der Waals surface area (Å²) in [6.45, 7) is -0.551. The van der Waals surface area contributed by atoms with E-state index in [4.69, 9.17) is 5.11 Å². The van der Waals surface area contributed by atoms with Crippen LogP contribution in [0.3, 0.4) is 0 Å². The standard InChI is InChI=1S/C18H18F4N2O3/c19-11-7-12(20)17(22)15(16(11)21)9-2-1-3-10(6-9)23-13-8-14(26)24(4-5-25)18(13)27/h1-3,6,8,11-12,15-17,23,25H,4-5,7H2. The van der Waals surface area contributed by atoms with E-state index in [9.17, 15) is 27.2 Å². The highest BCUT2D eigenvalue weighted by Gasteiger charge is 2.47. The van der Waals surface area contributed by atoms with Crippen LogP contribution in [-0.4, -0.2) is 59.7 Å². The van der Waals surface area contributed by atoms with Gasteiger partial charge in [0.2, 0.25) is 0 Å². The summed E-state index contributed by atoms with van der Waals surface area (Å²) in [6, 6.07) is 5.56. The molecule has 1 saturated carbocycles. The van der Waals surface area contributed by atoms with E-state index in [1.54, 1.807) is 0 Å². The van der Waals surface area contributed by atoms with Crippen molar-refractivity contribution in [1.82, 2.24) is 4.90 Å². The summed E-state index contributed by atoms with van der Waals surface area (Å²) in [7, 11) is 0. The predicted octanol–water partition coefficient (Wildman–Crippen LogP) is 2.18. The third kappa shape index (κ3) is 3.69. The second kappa shape index (κ2) is 7.67. The number of carbonyl (C=O) groups excluding carboxylic acids is 2. The van der Waals surface area contributed by atoms with Crippen LogP contribution in [0.4, 0.5) is 23.2 Å². The van der Waals surface area contributed by atoms with E-state index in [2.05, 4.69) is 5.32 Å².